The Morgan fingerprint density at radius 1 is 0.257 bits per heavy atom. The fraction of sp³-hybridized carbons (Fsp3) is 0.0870. The van der Waals surface area contributed by atoms with Gasteiger partial charge in [0.25, 0.3) is 0 Å². The molecular formula is C69H57N5. The summed E-state index contributed by atoms with van der Waals surface area (Å²) >= 11 is 0. The molecule has 0 aliphatic carbocycles. The predicted octanol–water partition coefficient (Wildman–Crippen LogP) is 18.7. The Hall–Kier alpha value is -9.19. The second-order valence-electron chi connectivity index (χ2n) is 19.3. The molecule has 0 unspecified atom stereocenters. The summed E-state index contributed by atoms with van der Waals surface area (Å²) in [7, 11) is 0. The van der Waals surface area contributed by atoms with Crippen molar-refractivity contribution in [3.8, 4) is 67.3 Å². The Morgan fingerprint density at radius 3 is 0.905 bits per heavy atom. The summed E-state index contributed by atoms with van der Waals surface area (Å²) in [4.78, 5) is 20.5. The molecule has 11 aromatic rings. The highest BCUT2D eigenvalue weighted by molar-refractivity contribution is 5.88. The van der Waals surface area contributed by atoms with E-state index in [-0.39, 0.29) is 0 Å². The Morgan fingerprint density at radius 2 is 0.527 bits per heavy atom. The number of rotatable bonds is 12. The molecule has 74 heavy (non-hydrogen) atoms. The smallest absolute Gasteiger partial charge is 0.238 e. The molecular weight excluding hydrogens is 899 g/mol. The normalized spacial score (nSPS) is 11.1. The number of nitrogens with zero attached hydrogens (tertiary/aromatic N) is 5. The third-order valence-electron chi connectivity index (χ3n) is 13.9. The van der Waals surface area contributed by atoms with Gasteiger partial charge in [-0.25, -0.2) is 4.98 Å². The molecule has 0 aliphatic heterocycles. The molecule has 10 aromatic carbocycles. The fourth-order valence-corrected chi connectivity index (χ4v) is 10.7. The Kier molecular flexibility index (Phi) is 13.1. The van der Waals surface area contributed by atoms with Gasteiger partial charge >= 0.3 is 0 Å². The van der Waals surface area contributed by atoms with Crippen molar-refractivity contribution in [3.63, 3.8) is 0 Å². The molecule has 0 bridgehead atoms. The average Bonchev–Trinajstić information content (AvgIpc) is 3.43. The summed E-state index contributed by atoms with van der Waals surface area (Å²) in [6.45, 7) is 13.2. The minimum Gasteiger partial charge on any atom is -0.309 e. The van der Waals surface area contributed by atoms with Gasteiger partial charge in [-0.3, -0.25) is 4.90 Å². The number of hydrogen-bond acceptors (Lipinski definition) is 5. The first kappa shape index (κ1) is 47.2. The van der Waals surface area contributed by atoms with Crippen LogP contribution in [0.3, 0.4) is 0 Å². The van der Waals surface area contributed by atoms with Crippen LogP contribution in [0, 0.1) is 41.5 Å². The Bertz CT molecular complexity index is 3650. The van der Waals surface area contributed by atoms with E-state index in [0.29, 0.717) is 17.6 Å². The van der Waals surface area contributed by atoms with Gasteiger partial charge in [0, 0.05) is 28.2 Å². The molecule has 0 fully saturated rings. The minimum atomic E-state index is 0.504. The third-order valence-corrected chi connectivity index (χ3v) is 13.9. The topological polar surface area (TPSA) is 45.2 Å². The first-order chi connectivity index (χ1) is 36.2. The van der Waals surface area contributed by atoms with Crippen molar-refractivity contribution in [3.05, 3.63) is 270 Å². The van der Waals surface area contributed by atoms with Gasteiger partial charge in [0.1, 0.15) is 0 Å². The lowest BCUT2D eigenvalue weighted by atomic mass is 9.94. The molecule has 0 N–H and O–H groups in total. The van der Waals surface area contributed by atoms with E-state index in [9.17, 15) is 0 Å². The predicted molar refractivity (Wildman–Crippen MR) is 310 cm³/mol. The second-order valence-corrected chi connectivity index (χ2v) is 19.3. The second kappa shape index (κ2) is 20.5. The lowest BCUT2D eigenvalue weighted by molar-refractivity contribution is 1.02. The number of benzene rings is 10. The maximum Gasteiger partial charge on any atom is 0.238 e. The Balaban J connectivity index is 1.07. The summed E-state index contributed by atoms with van der Waals surface area (Å²) in [5.41, 5.74) is 23.7. The quantitative estimate of drug-likeness (QED) is 0.122. The summed E-state index contributed by atoms with van der Waals surface area (Å²) in [6, 6.07) is 83.9. The van der Waals surface area contributed by atoms with Gasteiger partial charge in [0.2, 0.25) is 5.95 Å². The highest BCUT2D eigenvalue weighted by Gasteiger charge is 2.24. The maximum atomic E-state index is 5.39. The summed E-state index contributed by atoms with van der Waals surface area (Å²) in [6.07, 6.45) is 0. The molecule has 0 aliphatic rings. The maximum absolute atomic E-state index is 5.39. The minimum absolute atomic E-state index is 0.504. The highest BCUT2D eigenvalue weighted by atomic mass is 15.3. The van der Waals surface area contributed by atoms with Gasteiger partial charge in [-0.05, 0) is 145 Å². The molecule has 1 heterocycles. The van der Waals surface area contributed by atoms with E-state index >= 15 is 0 Å². The molecule has 0 spiro atoms. The van der Waals surface area contributed by atoms with Crippen molar-refractivity contribution in [2.75, 3.05) is 9.80 Å². The Labute approximate surface area is 435 Å². The van der Waals surface area contributed by atoms with Crippen LogP contribution in [-0.4, -0.2) is 15.0 Å². The standard InChI is InChI=1S/C69H57N5/c1-46-42-48(3)65(49(4)43-46)74(66-50(5)44-47(2)45-51(66)6)60-40-38-59(39-41-60)73(58-36-34-55(35-37-58)64-29-19-17-27-62(64)53-22-12-8-13-23-53)69-71-67(56-24-14-9-15-25-56)70-68(72-69)57-32-30-54(31-33-57)63-28-18-16-26-61(63)52-20-10-7-11-21-52/h7-45H,1-6H3. The largest absolute Gasteiger partial charge is 0.309 e. The van der Waals surface area contributed by atoms with E-state index in [0.717, 1.165) is 50.4 Å². The molecule has 5 nitrogen and oxygen atoms in total. The zero-order valence-corrected chi connectivity index (χ0v) is 42.8. The zero-order chi connectivity index (χ0) is 50.7. The van der Waals surface area contributed by atoms with Crippen molar-refractivity contribution in [2.24, 2.45) is 0 Å². The van der Waals surface area contributed by atoms with Gasteiger partial charge in [0.05, 0.1) is 11.4 Å². The number of anilines is 6. The van der Waals surface area contributed by atoms with Gasteiger partial charge in [-0.2, -0.15) is 9.97 Å². The molecule has 5 heteroatoms. The van der Waals surface area contributed by atoms with Crippen LogP contribution in [0.25, 0.3) is 67.3 Å². The molecule has 0 radical (unpaired) electrons. The molecule has 0 saturated carbocycles. The average molecular weight is 956 g/mol. The SMILES string of the molecule is Cc1cc(C)c(N(c2ccc(N(c3ccc(-c4ccccc4-c4ccccc4)cc3)c3nc(-c4ccccc4)nc(-c4ccc(-c5ccccc5-c5ccccc5)cc4)n3)cc2)c2c(C)cc(C)cc2C)c(C)c1. The third kappa shape index (κ3) is 9.51. The first-order valence-corrected chi connectivity index (χ1v) is 25.3. The van der Waals surface area contributed by atoms with Gasteiger partial charge < -0.3 is 4.90 Å². The van der Waals surface area contributed by atoms with Crippen LogP contribution in [0.2, 0.25) is 0 Å². The lowest BCUT2D eigenvalue weighted by Crippen LogP contribution is -2.17. The van der Waals surface area contributed by atoms with Crippen LogP contribution >= 0.6 is 0 Å². The number of aryl methyl sites for hydroxylation is 6. The molecule has 1 aromatic heterocycles. The van der Waals surface area contributed by atoms with Crippen molar-refractivity contribution < 1.29 is 0 Å². The van der Waals surface area contributed by atoms with Crippen molar-refractivity contribution in [1.82, 2.24) is 15.0 Å². The van der Waals surface area contributed by atoms with Gasteiger partial charge in [0.15, 0.2) is 11.6 Å². The van der Waals surface area contributed by atoms with E-state index in [2.05, 4.69) is 270 Å². The van der Waals surface area contributed by atoms with E-state index < -0.39 is 0 Å². The zero-order valence-electron chi connectivity index (χ0n) is 42.8. The molecule has 11 rings (SSSR count). The highest BCUT2D eigenvalue weighted by Crippen LogP contribution is 2.45. The van der Waals surface area contributed by atoms with E-state index in [1.807, 2.05) is 18.2 Å². The van der Waals surface area contributed by atoms with Crippen molar-refractivity contribution in [2.45, 2.75) is 41.5 Å². The molecule has 358 valence electrons. The van der Waals surface area contributed by atoms with Gasteiger partial charge in [-0.1, -0.05) is 211 Å². The van der Waals surface area contributed by atoms with Crippen LogP contribution in [0.15, 0.2) is 237 Å². The van der Waals surface area contributed by atoms with Gasteiger partial charge in [-0.15, -0.1) is 0 Å². The van der Waals surface area contributed by atoms with Crippen molar-refractivity contribution >= 4 is 34.4 Å². The van der Waals surface area contributed by atoms with Crippen LogP contribution in [0.4, 0.5) is 34.4 Å². The van der Waals surface area contributed by atoms with E-state index in [1.165, 1.54) is 67.0 Å². The molecule has 0 saturated heterocycles. The van der Waals surface area contributed by atoms with Crippen LogP contribution in [-0.2, 0) is 0 Å². The summed E-state index contributed by atoms with van der Waals surface area (Å²) < 4.78 is 0. The summed E-state index contributed by atoms with van der Waals surface area (Å²) in [5.74, 6) is 1.67. The monoisotopic (exact) mass is 955 g/mol. The molecule has 0 amide bonds. The van der Waals surface area contributed by atoms with Crippen LogP contribution in [0.5, 0.6) is 0 Å². The fourth-order valence-electron chi connectivity index (χ4n) is 10.7. The first-order valence-electron chi connectivity index (χ1n) is 25.3. The number of aromatic nitrogens is 3. The van der Waals surface area contributed by atoms with Crippen molar-refractivity contribution in [1.29, 1.82) is 0 Å². The van der Waals surface area contributed by atoms with Crippen LogP contribution < -0.4 is 9.80 Å². The van der Waals surface area contributed by atoms with E-state index in [1.54, 1.807) is 0 Å². The van der Waals surface area contributed by atoms with Crippen LogP contribution in [0.1, 0.15) is 33.4 Å². The lowest BCUT2D eigenvalue weighted by Gasteiger charge is -2.32. The summed E-state index contributed by atoms with van der Waals surface area (Å²) in [5, 5.41) is 0. The van der Waals surface area contributed by atoms with E-state index in [4.69, 9.17) is 15.0 Å². The number of hydrogen-bond donors (Lipinski definition) is 0. The molecule has 0 atom stereocenters.